The predicted molar refractivity (Wildman–Crippen MR) is 81.0 cm³/mol. The van der Waals surface area contributed by atoms with Crippen LogP contribution in [-0.2, 0) is 11.2 Å². The number of hydrogen-bond donors (Lipinski definition) is 1. The highest BCUT2D eigenvalue weighted by Gasteiger charge is 2.22. The molecule has 0 saturated carbocycles. The molecule has 1 aliphatic heterocycles. The molecule has 0 spiro atoms. The number of anilines is 1. The number of likely N-dealkylation sites (N-methyl/N-ethyl adjacent to an activating group) is 1. The molecular formula is C15H26N4O. The monoisotopic (exact) mass is 278 g/mol. The number of aromatic nitrogens is 2. The lowest BCUT2D eigenvalue weighted by molar-refractivity contribution is -0.0255. The number of hydrogen-bond acceptors (Lipinski definition) is 5. The minimum atomic E-state index is -0.00673. The second-order valence-electron chi connectivity index (χ2n) is 5.40. The van der Waals surface area contributed by atoms with Gasteiger partial charge in [-0.05, 0) is 19.9 Å². The van der Waals surface area contributed by atoms with Gasteiger partial charge in [-0.3, -0.25) is 0 Å². The minimum absolute atomic E-state index is 0.00673. The molecule has 1 aromatic heterocycles. The van der Waals surface area contributed by atoms with Crippen molar-refractivity contribution in [1.82, 2.24) is 14.9 Å². The quantitative estimate of drug-likeness (QED) is 0.865. The first kappa shape index (κ1) is 15.2. The fourth-order valence-corrected chi connectivity index (χ4v) is 2.32. The van der Waals surface area contributed by atoms with E-state index in [1.165, 1.54) is 0 Å². The van der Waals surface area contributed by atoms with Gasteiger partial charge in [-0.2, -0.15) is 0 Å². The van der Waals surface area contributed by atoms with E-state index in [2.05, 4.69) is 47.1 Å². The lowest BCUT2D eigenvalue weighted by Crippen LogP contribution is -2.36. The Morgan fingerprint density at radius 3 is 2.90 bits per heavy atom. The average Bonchev–Trinajstić information content (AvgIpc) is 2.45. The largest absolute Gasteiger partial charge is 0.370 e. The molecule has 5 heteroatoms. The maximum atomic E-state index is 5.83. The number of nitrogens with zero attached hydrogens (tertiary/aromatic N) is 3. The Bertz CT molecular complexity index is 424. The van der Waals surface area contributed by atoms with Gasteiger partial charge in [0.1, 0.15) is 11.9 Å². The van der Waals surface area contributed by atoms with Crippen LogP contribution in [0, 0.1) is 0 Å². The van der Waals surface area contributed by atoms with Crippen molar-refractivity contribution in [3.63, 3.8) is 0 Å². The van der Waals surface area contributed by atoms with Gasteiger partial charge in [0.2, 0.25) is 0 Å². The lowest BCUT2D eigenvalue weighted by Gasteiger charge is -2.29. The molecule has 1 atom stereocenters. The zero-order valence-electron chi connectivity index (χ0n) is 12.9. The van der Waals surface area contributed by atoms with Gasteiger partial charge in [-0.15, -0.1) is 0 Å². The topological polar surface area (TPSA) is 50.3 Å². The summed E-state index contributed by atoms with van der Waals surface area (Å²) in [5.74, 6) is 1.75. The molecule has 1 fully saturated rings. The molecular weight excluding hydrogens is 252 g/mol. The van der Waals surface area contributed by atoms with E-state index < -0.39 is 0 Å². The number of ether oxygens (including phenoxy) is 1. The number of rotatable bonds is 6. The van der Waals surface area contributed by atoms with E-state index >= 15 is 0 Å². The molecule has 1 N–H and O–H groups in total. The summed E-state index contributed by atoms with van der Waals surface area (Å²) >= 11 is 0. The molecule has 5 nitrogen and oxygen atoms in total. The molecule has 0 aromatic carbocycles. The van der Waals surface area contributed by atoms with Crippen molar-refractivity contribution in [2.45, 2.75) is 39.2 Å². The Morgan fingerprint density at radius 1 is 1.35 bits per heavy atom. The molecule has 20 heavy (non-hydrogen) atoms. The fourth-order valence-electron chi connectivity index (χ4n) is 2.32. The zero-order valence-corrected chi connectivity index (χ0v) is 12.9. The maximum absolute atomic E-state index is 5.83. The highest BCUT2D eigenvalue weighted by atomic mass is 16.5. The summed E-state index contributed by atoms with van der Waals surface area (Å²) in [4.78, 5) is 11.6. The van der Waals surface area contributed by atoms with E-state index in [1.807, 2.05) is 0 Å². The van der Waals surface area contributed by atoms with Crippen LogP contribution >= 0.6 is 0 Å². The molecule has 2 rings (SSSR count). The van der Waals surface area contributed by atoms with Gasteiger partial charge in [0.25, 0.3) is 0 Å². The van der Waals surface area contributed by atoms with Gasteiger partial charge in [0, 0.05) is 31.4 Å². The average molecular weight is 278 g/mol. The first-order valence-corrected chi connectivity index (χ1v) is 7.64. The summed E-state index contributed by atoms with van der Waals surface area (Å²) in [5.41, 5.74) is 1.10. The van der Waals surface area contributed by atoms with E-state index in [0.29, 0.717) is 0 Å². The van der Waals surface area contributed by atoms with Crippen LogP contribution < -0.4 is 5.32 Å². The summed E-state index contributed by atoms with van der Waals surface area (Å²) in [6.07, 6.45) is 3.16. The molecule has 1 saturated heterocycles. The summed E-state index contributed by atoms with van der Waals surface area (Å²) in [7, 11) is 2.11. The molecule has 1 unspecified atom stereocenters. The van der Waals surface area contributed by atoms with Crippen LogP contribution in [0.15, 0.2) is 6.07 Å². The Balaban J connectivity index is 2.18. The third-order valence-corrected chi connectivity index (χ3v) is 3.42. The van der Waals surface area contributed by atoms with Gasteiger partial charge in [0.15, 0.2) is 5.82 Å². The third kappa shape index (κ3) is 4.15. The van der Waals surface area contributed by atoms with Gasteiger partial charge in [-0.25, -0.2) is 9.97 Å². The maximum Gasteiger partial charge on any atom is 0.161 e. The first-order chi connectivity index (χ1) is 9.72. The summed E-state index contributed by atoms with van der Waals surface area (Å²) in [6.45, 7) is 7.86. The second kappa shape index (κ2) is 7.55. The Morgan fingerprint density at radius 2 is 2.20 bits per heavy atom. The van der Waals surface area contributed by atoms with Crippen LogP contribution in [0.2, 0.25) is 0 Å². The van der Waals surface area contributed by atoms with Gasteiger partial charge in [-0.1, -0.05) is 20.3 Å². The number of morpholine rings is 1. The first-order valence-electron chi connectivity index (χ1n) is 7.64. The molecule has 112 valence electrons. The standard InChI is InChI=1S/C15H26N4O/c1-4-6-12-10-14(16-7-5-2)18-15(17-12)13-11-19(3)8-9-20-13/h10,13H,4-9,11H2,1-3H3,(H,16,17,18). The van der Waals surface area contributed by atoms with Crippen molar-refractivity contribution in [2.24, 2.45) is 0 Å². The van der Waals surface area contributed by atoms with Gasteiger partial charge < -0.3 is 15.0 Å². The molecule has 0 radical (unpaired) electrons. The fraction of sp³-hybridized carbons (Fsp3) is 0.733. The molecule has 0 bridgehead atoms. The van der Waals surface area contributed by atoms with Crippen molar-refractivity contribution in [3.05, 3.63) is 17.6 Å². The normalized spacial score (nSPS) is 20.1. The number of aryl methyl sites for hydroxylation is 1. The smallest absolute Gasteiger partial charge is 0.161 e. The van der Waals surface area contributed by atoms with Crippen LogP contribution in [0.3, 0.4) is 0 Å². The van der Waals surface area contributed by atoms with Gasteiger partial charge >= 0.3 is 0 Å². The van der Waals surface area contributed by atoms with Crippen LogP contribution in [-0.4, -0.2) is 48.2 Å². The number of nitrogens with one attached hydrogen (secondary N) is 1. The van der Waals surface area contributed by atoms with Crippen molar-refractivity contribution < 1.29 is 4.74 Å². The van der Waals surface area contributed by atoms with Crippen LogP contribution in [0.5, 0.6) is 0 Å². The Labute approximate surface area is 121 Å². The lowest BCUT2D eigenvalue weighted by atomic mass is 10.2. The van der Waals surface area contributed by atoms with Crippen molar-refractivity contribution in [1.29, 1.82) is 0 Å². The molecule has 0 amide bonds. The Kier molecular flexibility index (Phi) is 5.73. The molecule has 2 heterocycles. The Hall–Kier alpha value is -1.20. The highest BCUT2D eigenvalue weighted by molar-refractivity contribution is 5.36. The summed E-state index contributed by atoms with van der Waals surface area (Å²) < 4.78 is 5.83. The molecule has 0 aliphatic carbocycles. The highest BCUT2D eigenvalue weighted by Crippen LogP contribution is 2.20. The van der Waals surface area contributed by atoms with Crippen LogP contribution in [0.4, 0.5) is 5.82 Å². The van der Waals surface area contributed by atoms with E-state index in [-0.39, 0.29) is 6.10 Å². The summed E-state index contributed by atoms with van der Waals surface area (Å²) in [6, 6.07) is 2.06. The van der Waals surface area contributed by atoms with E-state index in [9.17, 15) is 0 Å². The van der Waals surface area contributed by atoms with Gasteiger partial charge in [0.05, 0.1) is 6.61 Å². The second-order valence-corrected chi connectivity index (χ2v) is 5.40. The molecule has 1 aromatic rings. The third-order valence-electron chi connectivity index (χ3n) is 3.42. The summed E-state index contributed by atoms with van der Waals surface area (Å²) in [5, 5.41) is 3.36. The van der Waals surface area contributed by atoms with E-state index in [4.69, 9.17) is 4.74 Å². The molecule has 1 aliphatic rings. The van der Waals surface area contributed by atoms with Crippen molar-refractivity contribution >= 4 is 5.82 Å². The van der Waals surface area contributed by atoms with Crippen molar-refractivity contribution in [2.75, 3.05) is 38.6 Å². The predicted octanol–water partition coefficient (Wildman–Crippen LogP) is 2.25. The van der Waals surface area contributed by atoms with Crippen molar-refractivity contribution in [3.8, 4) is 0 Å². The van der Waals surface area contributed by atoms with Crippen LogP contribution in [0.25, 0.3) is 0 Å². The zero-order chi connectivity index (χ0) is 14.4. The minimum Gasteiger partial charge on any atom is -0.370 e. The SMILES string of the molecule is CCCNc1cc(CCC)nc(C2CN(C)CCO2)n1. The van der Waals surface area contributed by atoms with E-state index in [0.717, 1.165) is 62.8 Å². The van der Waals surface area contributed by atoms with Crippen LogP contribution in [0.1, 0.15) is 44.3 Å². The van der Waals surface area contributed by atoms with E-state index in [1.54, 1.807) is 0 Å².